The molecule has 1 aromatic carbocycles. The van der Waals surface area contributed by atoms with Gasteiger partial charge in [0.25, 0.3) is 0 Å². The standard InChI is InChI=1S/C11H16BrNOS/c1-11(2,14)5-6-15-10-4-3-8(13)7-9(10)12/h3-4,7,14H,5-6,13H2,1-2H3. The van der Waals surface area contributed by atoms with E-state index in [-0.39, 0.29) is 0 Å². The van der Waals surface area contributed by atoms with Gasteiger partial charge in [-0.1, -0.05) is 0 Å². The van der Waals surface area contributed by atoms with Gasteiger partial charge in [-0.25, -0.2) is 0 Å². The Kier molecular flexibility index (Phi) is 4.49. The molecule has 0 atom stereocenters. The summed E-state index contributed by atoms with van der Waals surface area (Å²) in [6, 6.07) is 5.78. The highest BCUT2D eigenvalue weighted by Gasteiger charge is 2.12. The summed E-state index contributed by atoms with van der Waals surface area (Å²) in [5, 5.41) is 9.56. The summed E-state index contributed by atoms with van der Waals surface area (Å²) in [6.45, 7) is 3.65. The van der Waals surface area contributed by atoms with Crippen molar-refractivity contribution in [3.05, 3.63) is 22.7 Å². The van der Waals surface area contributed by atoms with Crippen LogP contribution in [0.2, 0.25) is 0 Å². The van der Waals surface area contributed by atoms with Crippen LogP contribution in [-0.4, -0.2) is 16.5 Å². The molecular formula is C11H16BrNOS. The molecule has 0 spiro atoms. The van der Waals surface area contributed by atoms with Crippen LogP contribution in [0.15, 0.2) is 27.6 Å². The number of nitrogens with two attached hydrogens (primary N) is 1. The molecule has 0 aliphatic rings. The van der Waals surface area contributed by atoms with E-state index < -0.39 is 5.60 Å². The molecule has 0 aromatic heterocycles. The van der Waals surface area contributed by atoms with E-state index in [1.54, 1.807) is 11.8 Å². The molecule has 0 aliphatic heterocycles. The molecule has 3 N–H and O–H groups in total. The van der Waals surface area contributed by atoms with Gasteiger partial charge in [-0.15, -0.1) is 11.8 Å². The third-order valence-corrected chi connectivity index (χ3v) is 3.92. The second kappa shape index (κ2) is 5.23. The van der Waals surface area contributed by atoms with Gasteiger partial charge in [-0.2, -0.15) is 0 Å². The van der Waals surface area contributed by atoms with Crippen LogP contribution in [-0.2, 0) is 0 Å². The number of halogens is 1. The summed E-state index contributed by atoms with van der Waals surface area (Å²) in [6.07, 6.45) is 0.772. The smallest absolute Gasteiger partial charge is 0.0599 e. The van der Waals surface area contributed by atoms with Crippen molar-refractivity contribution in [2.24, 2.45) is 0 Å². The van der Waals surface area contributed by atoms with Crippen molar-refractivity contribution >= 4 is 33.4 Å². The van der Waals surface area contributed by atoms with E-state index in [4.69, 9.17) is 5.73 Å². The zero-order chi connectivity index (χ0) is 11.5. The van der Waals surface area contributed by atoms with Crippen molar-refractivity contribution in [3.63, 3.8) is 0 Å². The summed E-state index contributed by atoms with van der Waals surface area (Å²) in [5.74, 6) is 0.895. The van der Waals surface area contributed by atoms with E-state index >= 15 is 0 Å². The van der Waals surface area contributed by atoms with Gasteiger partial charge < -0.3 is 10.8 Å². The lowest BCUT2D eigenvalue weighted by Gasteiger charge is -2.16. The zero-order valence-electron chi connectivity index (χ0n) is 8.96. The van der Waals surface area contributed by atoms with E-state index in [9.17, 15) is 5.11 Å². The van der Waals surface area contributed by atoms with Gasteiger partial charge in [0.05, 0.1) is 5.60 Å². The number of rotatable bonds is 4. The Bertz CT molecular complexity index is 336. The lowest BCUT2D eigenvalue weighted by molar-refractivity contribution is 0.0778. The predicted octanol–water partition coefficient (Wildman–Crippen LogP) is 3.28. The molecule has 0 heterocycles. The Morgan fingerprint density at radius 3 is 2.67 bits per heavy atom. The first kappa shape index (κ1) is 12.9. The molecule has 15 heavy (non-hydrogen) atoms. The van der Waals surface area contributed by atoms with Gasteiger partial charge in [-0.05, 0) is 54.4 Å². The Hall–Kier alpha value is -0.190. The molecule has 2 nitrogen and oxygen atoms in total. The molecule has 0 bridgehead atoms. The number of benzene rings is 1. The molecule has 0 saturated carbocycles. The quantitative estimate of drug-likeness (QED) is 0.661. The number of thioether (sulfide) groups is 1. The van der Waals surface area contributed by atoms with Crippen LogP contribution in [0.1, 0.15) is 20.3 Å². The molecule has 0 amide bonds. The van der Waals surface area contributed by atoms with Gasteiger partial charge in [0, 0.05) is 20.8 Å². The summed E-state index contributed by atoms with van der Waals surface area (Å²) in [4.78, 5) is 1.16. The normalized spacial score (nSPS) is 11.7. The molecular weight excluding hydrogens is 274 g/mol. The minimum absolute atomic E-state index is 0.590. The fourth-order valence-electron chi connectivity index (χ4n) is 1.04. The van der Waals surface area contributed by atoms with E-state index in [0.717, 1.165) is 27.2 Å². The average Bonchev–Trinajstić information content (AvgIpc) is 2.07. The lowest BCUT2D eigenvalue weighted by Crippen LogP contribution is -2.19. The van der Waals surface area contributed by atoms with Crippen molar-refractivity contribution in [2.75, 3.05) is 11.5 Å². The summed E-state index contributed by atoms with van der Waals surface area (Å²) in [5.41, 5.74) is 5.81. The third kappa shape index (κ3) is 4.91. The average molecular weight is 290 g/mol. The molecule has 0 radical (unpaired) electrons. The van der Waals surface area contributed by atoms with Crippen LogP contribution < -0.4 is 5.73 Å². The topological polar surface area (TPSA) is 46.2 Å². The van der Waals surface area contributed by atoms with E-state index in [1.165, 1.54) is 0 Å². The maximum atomic E-state index is 9.56. The van der Waals surface area contributed by atoms with Crippen LogP contribution in [0, 0.1) is 0 Å². The summed E-state index contributed by atoms with van der Waals surface area (Å²) < 4.78 is 1.02. The van der Waals surface area contributed by atoms with E-state index in [2.05, 4.69) is 15.9 Å². The van der Waals surface area contributed by atoms with E-state index in [1.807, 2.05) is 32.0 Å². The van der Waals surface area contributed by atoms with Gasteiger partial charge >= 0.3 is 0 Å². The lowest BCUT2D eigenvalue weighted by atomic mass is 10.1. The Labute approximate surface area is 103 Å². The Morgan fingerprint density at radius 1 is 1.47 bits per heavy atom. The molecule has 0 aliphatic carbocycles. The summed E-state index contributed by atoms with van der Waals surface area (Å²) >= 11 is 5.18. The largest absolute Gasteiger partial charge is 0.399 e. The first-order chi connectivity index (χ1) is 6.88. The van der Waals surface area contributed by atoms with Crippen molar-refractivity contribution in [1.29, 1.82) is 0 Å². The molecule has 1 aromatic rings. The number of nitrogen functional groups attached to an aromatic ring is 1. The highest BCUT2D eigenvalue weighted by atomic mass is 79.9. The number of aliphatic hydroxyl groups is 1. The van der Waals surface area contributed by atoms with Gasteiger partial charge in [0.15, 0.2) is 0 Å². The van der Waals surface area contributed by atoms with Crippen molar-refractivity contribution in [2.45, 2.75) is 30.8 Å². The molecule has 0 unspecified atom stereocenters. The van der Waals surface area contributed by atoms with Crippen molar-refractivity contribution in [3.8, 4) is 0 Å². The van der Waals surface area contributed by atoms with Crippen LogP contribution in [0.3, 0.4) is 0 Å². The van der Waals surface area contributed by atoms with Gasteiger partial charge in [-0.3, -0.25) is 0 Å². The fourth-order valence-corrected chi connectivity index (χ4v) is 2.97. The van der Waals surface area contributed by atoms with Crippen molar-refractivity contribution in [1.82, 2.24) is 0 Å². The molecule has 1 rings (SSSR count). The number of hydrogen-bond acceptors (Lipinski definition) is 3. The highest BCUT2D eigenvalue weighted by molar-refractivity contribution is 9.10. The monoisotopic (exact) mass is 289 g/mol. The van der Waals surface area contributed by atoms with Crippen LogP contribution in [0.5, 0.6) is 0 Å². The maximum absolute atomic E-state index is 9.56. The second-order valence-corrected chi connectivity index (χ2v) is 6.09. The Morgan fingerprint density at radius 2 is 2.13 bits per heavy atom. The van der Waals surface area contributed by atoms with Gasteiger partial charge in [0.2, 0.25) is 0 Å². The summed E-state index contributed by atoms with van der Waals surface area (Å²) in [7, 11) is 0. The SMILES string of the molecule is CC(C)(O)CCSc1ccc(N)cc1Br. The fraction of sp³-hybridized carbons (Fsp3) is 0.455. The van der Waals surface area contributed by atoms with Gasteiger partial charge in [0.1, 0.15) is 0 Å². The highest BCUT2D eigenvalue weighted by Crippen LogP contribution is 2.30. The second-order valence-electron chi connectivity index (χ2n) is 4.10. The number of anilines is 1. The molecule has 4 heteroatoms. The molecule has 0 saturated heterocycles. The third-order valence-electron chi connectivity index (χ3n) is 1.93. The minimum Gasteiger partial charge on any atom is -0.399 e. The zero-order valence-corrected chi connectivity index (χ0v) is 11.4. The minimum atomic E-state index is -0.590. The Balaban J connectivity index is 2.51. The van der Waals surface area contributed by atoms with Crippen LogP contribution >= 0.6 is 27.7 Å². The first-order valence-corrected chi connectivity index (χ1v) is 6.56. The van der Waals surface area contributed by atoms with E-state index in [0.29, 0.717) is 0 Å². The maximum Gasteiger partial charge on any atom is 0.0599 e. The molecule has 0 fully saturated rings. The number of hydrogen-bond donors (Lipinski definition) is 2. The van der Waals surface area contributed by atoms with Crippen LogP contribution in [0.4, 0.5) is 5.69 Å². The molecule has 84 valence electrons. The van der Waals surface area contributed by atoms with Crippen molar-refractivity contribution < 1.29 is 5.11 Å². The first-order valence-electron chi connectivity index (χ1n) is 4.79. The predicted molar refractivity (Wildman–Crippen MR) is 70.2 cm³/mol. The van der Waals surface area contributed by atoms with Crippen LogP contribution in [0.25, 0.3) is 0 Å².